The fourth-order valence-corrected chi connectivity index (χ4v) is 5.24. The Kier molecular flexibility index (Phi) is 9.78. The standard InChI is InChI=1S/C27H31BrN2O5S/c1-4-34-23-13-11-22(12-14-23)30(36(32,33)24-15-9-21(28)10-16-24)19-27(31)29-17-18-35-26-8-6-5-7-25(26)20(2)3/h5-16,20H,4,17-19H2,1-3H3,(H,29,31). The Morgan fingerprint density at radius 2 is 1.64 bits per heavy atom. The molecule has 3 aromatic carbocycles. The van der Waals surface area contributed by atoms with Crippen molar-refractivity contribution in [1.29, 1.82) is 0 Å². The SMILES string of the molecule is CCOc1ccc(N(CC(=O)NCCOc2ccccc2C(C)C)S(=O)(=O)c2ccc(Br)cc2)cc1. The Bertz CT molecular complexity index is 1250. The van der Waals surface area contributed by atoms with Crippen LogP contribution in [0.15, 0.2) is 82.2 Å². The summed E-state index contributed by atoms with van der Waals surface area (Å²) in [5.74, 6) is 1.26. The van der Waals surface area contributed by atoms with E-state index in [-0.39, 0.29) is 24.6 Å². The molecular formula is C27H31BrN2O5S. The zero-order chi connectivity index (χ0) is 26.1. The van der Waals surface area contributed by atoms with Crippen LogP contribution in [0, 0.1) is 0 Å². The van der Waals surface area contributed by atoms with Crippen LogP contribution in [0.1, 0.15) is 32.3 Å². The van der Waals surface area contributed by atoms with Gasteiger partial charge in [-0.25, -0.2) is 8.42 Å². The first-order valence-corrected chi connectivity index (χ1v) is 13.9. The van der Waals surface area contributed by atoms with Crippen LogP contribution < -0.4 is 19.1 Å². The van der Waals surface area contributed by atoms with Crippen molar-refractivity contribution in [3.8, 4) is 11.5 Å². The second-order valence-corrected chi connectivity index (χ2v) is 11.1. The number of carbonyl (C=O) groups excluding carboxylic acids is 1. The Morgan fingerprint density at radius 1 is 0.972 bits per heavy atom. The summed E-state index contributed by atoms with van der Waals surface area (Å²) >= 11 is 3.32. The molecule has 192 valence electrons. The number of hydrogen-bond acceptors (Lipinski definition) is 5. The molecule has 0 atom stereocenters. The number of nitrogens with one attached hydrogen (secondary N) is 1. The molecule has 0 radical (unpaired) electrons. The van der Waals surface area contributed by atoms with E-state index in [2.05, 4.69) is 35.1 Å². The minimum Gasteiger partial charge on any atom is -0.494 e. The summed E-state index contributed by atoms with van der Waals surface area (Å²) in [5, 5.41) is 2.76. The van der Waals surface area contributed by atoms with Crippen LogP contribution >= 0.6 is 15.9 Å². The van der Waals surface area contributed by atoms with Gasteiger partial charge in [0, 0.05) is 4.47 Å². The number of ether oxygens (including phenoxy) is 2. The largest absolute Gasteiger partial charge is 0.494 e. The van der Waals surface area contributed by atoms with Crippen LogP contribution in [-0.2, 0) is 14.8 Å². The number of anilines is 1. The Hall–Kier alpha value is -3.04. The predicted octanol–water partition coefficient (Wildman–Crippen LogP) is 5.36. The monoisotopic (exact) mass is 574 g/mol. The van der Waals surface area contributed by atoms with E-state index in [4.69, 9.17) is 9.47 Å². The number of halogens is 1. The highest BCUT2D eigenvalue weighted by Gasteiger charge is 2.27. The molecule has 0 bridgehead atoms. The summed E-state index contributed by atoms with van der Waals surface area (Å²) in [5.41, 5.74) is 1.45. The van der Waals surface area contributed by atoms with Gasteiger partial charge >= 0.3 is 0 Å². The van der Waals surface area contributed by atoms with Crippen LogP contribution in [-0.4, -0.2) is 40.6 Å². The molecule has 7 nitrogen and oxygen atoms in total. The Morgan fingerprint density at radius 3 is 2.28 bits per heavy atom. The summed E-state index contributed by atoms with van der Waals surface area (Å²) in [7, 11) is -4.00. The number of benzene rings is 3. The van der Waals surface area contributed by atoms with Gasteiger partial charge in [-0.15, -0.1) is 0 Å². The molecule has 9 heteroatoms. The molecule has 0 aliphatic heterocycles. The molecule has 0 spiro atoms. The molecule has 3 aromatic rings. The van der Waals surface area contributed by atoms with Gasteiger partial charge in [-0.3, -0.25) is 9.10 Å². The molecule has 0 aliphatic rings. The van der Waals surface area contributed by atoms with E-state index in [9.17, 15) is 13.2 Å². The summed E-state index contributed by atoms with van der Waals surface area (Å²) in [6, 6.07) is 20.7. The summed E-state index contributed by atoms with van der Waals surface area (Å²) in [6.45, 7) is 6.66. The normalized spacial score (nSPS) is 11.2. The number of sulfonamides is 1. The average molecular weight is 576 g/mol. The molecule has 0 saturated heterocycles. The van der Waals surface area contributed by atoms with Gasteiger partial charge in [0.25, 0.3) is 10.0 Å². The third-order valence-corrected chi connectivity index (χ3v) is 7.66. The summed E-state index contributed by atoms with van der Waals surface area (Å²) < 4.78 is 40.1. The second kappa shape index (κ2) is 12.8. The van der Waals surface area contributed by atoms with Crippen molar-refractivity contribution < 1.29 is 22.7 Å². The fraction of sp³-hybridized carbons (Fsp3) is 0.296. The topological polar surface area (TPSA) is 84.9 Å². The molecule has 1 amide bonds. The van der Waals surface area contributed by atoms with E-state index in [1.54, 1.807) is 36.4 Å². The Labute approximate surface area is 221 Å². The maximum absolute atomic E-state index is 13.5. The summed E-state index contributed by atoms with van der Waals surface area (Å²) in [4.78, 5) is 12.9. The smallest absolute Gasteiger partial charge is 0.264 e. The zero-order valence-electron chi connectivity index (χ0n) is 20.6. The molecule has 0 fully saturated rings. The van der Waals surface area contributed by atoms with Crippen LogP contribution in [0.4, 0.5) is 5.69 Å². The molecular weight excluding hydrogens is 544 g/mol. The van der Waals surface area contributed by atoms with Gasteiger partial charge in [-0.1, -0.05) is 48.0 Å². The first-order valence-electron chi connectivity index (χ1n) is 11.7. The zero-order valence-corrected chi connectivity index (χ0v) is 23.0. The molecule has 1 N–H and O–H groups in total. The van der Waals surface area contributed by atoms with Gasteiger partial charge < -0.3 is 14.8 Å². The minimum absolute atomic E-state index is 0.0843. The quantitative estimate of drug-likeness (QED) is 0.294. The van der Waals surface area contributed by atoms with Crippen molar-refractivity contribution in [1.82, 2.24) is 5.32 Å². The minimum atomic E-state index is -4.00. The van der Waals surface area contributed by atoms with E-state index in [1.807, 2.05) is 31.2 Å². The molecule has 0 saturated carbocycles. The number of carbonyl (C=O) groups is 1. The summed E-state index contributed by atoms with van der Waals surface area (Å²) in [6.07, 6.45) is 0. The molecule has 0 heterocycles. The van der Waals surface area contributed by atoms with Crippen molar-refractivity contribution in [2.24, 2.45) is 0 Å². The lowest BCUT2D eigenvalue weighted by molar-refractivity contribution is -0.119. The number of rotatable bonds is 12. The lowest BCUT2D eigenvalue weighted by Crippen LogP contribution is -2.41. The number of para-hydroxylation sites is 1. The highest BCUT2D eigenvalue weighted by molar-refractivity contribution is 9.10. The van der Waals surface area contributed by atoms with Gasteiger partial charge in [0.1, 0.15) is 24.7 Å². The molecule has 0 aromatic heterocycles. The van der Waals surface area contributed by atoms with E-state index in [1.165, 1.54) is 12.1 Å². The molecule has 0 unspecified atom stereocenters. The number of nitrogens with zero attached hydrogens (tertiary/aromatic N) is 1. The maximum Gasteiger partial charge on any atom is 0.264 e. The van der Waals surface area contributed by atoms with Crippen molar-refractivity contribution in [2.45, 2.75) is 31.6 Å². The number of hydrogen-bond donors (Lipinski definition) is 1. The second-order valence-electron chi connectivity index (χ2n) is 8.28. The van der Waals surface area contributed by atoms with Gasteiger partial charge in [0.2, 0.25) is 5.91 Å². The van der Waals surface area contributed by atoms with E-state index in [0.29, 0.717) is 24.0 Å². The van der Waals surface area contributed by atoms with E-state index >= 15 is 0 Å². The van der Waals surface area contributed by atoms with Gasteiger partial charge in [0.15, 0.2) is 0 Å². The molecule has 0 aliphatic carbocycles. The molecule has 36 heavy (non-hydrogen) atoms. The van der Waals surface area contributed by atoms with Crippen LogP contribution in [0.5, 0.6) is 11.5 Å². The predicted molar refractivity (Wildman–Crippen MR) is 145 cm³/mol. The Balaban J connectivity index is 1.72. The van der Waals surface area contributed by atoms with Crippen LogP contribution in [0.2, 0.25) is 0 Å². The maximum atomic E-state index is 13.5. The highest BCUT2D eigenvalue weighted by Crippen LogP contribution is 2.27. The lowest BCUT2D eigenvalue weighted by Gasteiger charge is -2.24. The van der Waals surface area contributed by atoms with Crippen LogP contribution in [0.3, 0.4) is 0 Å². The van der Waals surface area contributed by atoms with Crippen molar-refractivity contribution in [3.63, 3.8) is 0 Å². The van der Waals surface area contributed by atoms with Crippen molar-refractivity contribution in [2.75, 3.05) is 30.6 Å². The first kappa shape index (κ1) is 27.5. The average Bonchev–Trinajstić information content (AvgIpc) is 2.86. The van der Waals surface area contributed by atoms with E-state index < -0.39 is 15.9 Å². The van der Waals surface area contributed by atoms with Gasteiger partial charge in [-0.05, 0) is 73.0 Å². The highest BCUT2D eigenvalue weighted by atomic mass is 79.9. The fourth-order valence-electron chi connectivity index (χ4n) is 3.55. The molecule has 3 rings (SSSR count). The third-order valence-electron chi connectivity index (χ3n) is 5.35. The number of amides is 1. The van der Waals surface area contributed by atoms with Crippen molar-refractivity contribution in [3.05, 3.63) is 82.8 Å². The first-order chi connectivity index (χ1) is 17.2. The van der Waals surface area contributed by atoms with Gasteiger partial charge in [-0.2, -0.15) is 0 Å². The lowest BCUT2D eigenvalue weighted by atomic mass is 10.0. The van der Waals surface area contributed by atoms with Crippen LogP contribution in [0.25, 0.3) is 0 Å². The van der Waals surface area contributed by atoms with Gasteiger partial charge in [0.05, 0.1) is 23.7 Å². The third kappa shape index (κ3) is 7.24. The van der Waals surface area contributed by atoms with E-state index in [0.717, 1.165) is 20.1 Å². The van der Waals surface area contributed by atoms with Crippen molar-refractivity contribution >= 4 is 37.5 Å².